The molecular weight excluding hydrogens is 232 g/mol. The number of halogens is 1. The third kappa shape index (κ3) is 3.14. The average Bonchev–Trinajstić information content (AvgIpc) is 2.70. The fourth-order valence-electron chi connectivity index (χ4n) is 1.65. The van der Waals surface area contributed by atoms with Crippen molar-refractivity contribution in [2.45, 2.75) is 19.5 Å². The van der Waals surface area contributed by atoms with E-state index in [1.165, 1.54) is 11.0 Å². The molecule has 1 atom stereocenters. The zero-order chi connectivity index (χ0) is 10.7. The first-order valence-electron chi connectivity index (χ1n) is 4.97. The van der Waals surface area contributed by atoms with Crippen LogP contribution in [0.5, 0.6) is 0 Å². The van der Waals surface area contributed by atoms with E-state index in [-0.39, 0.29) is 24.9 Å². The van der Waals surface area contributed by atoms with Gasteiger partial charge in [0.15, 0.2) is 0 Å². The van der Waals surface area contributed by atoms with Crippen LogP contribution in [0.1, 0.15) is 6.92 Å². The summed E-state index contributed by atoms with van der Waals surface area (Å²) in [6.07, 6.45) is 1.45. The number of hydrogen-bond donors (Lipinski definition) is 1. The van der Waals surface area contributed by atoms with E-state index in [0.29, 0.717) is 6.04 Å². The Hall–Kier alpha value is -1.21. The van der Waals surface area contributed by atoms with Crippen LogP contribution >= 0.6 is 12.4 Å². The monoisotopic (exact) mass is 246 g/mol. The Morgan fingerprint density at radius 1 is 1.62 bits per heavy atom. The molecule has 90 valence electrons. The Morgan fingerprint density at radius 2 is 2.44 bits per heavy atom. The molecule has 1 aliphatic heterocycles. The number of hydrogen-bond acceptors (Lipinski definition) is 5. The number of piperazine rings is 1. The van der Waals surface area contributed by atoms with Gasteiger partial charge in [0.2, 0.25) is 5.91 Å². The molecule has 2 rings (SSSR count). The van der Waals surface area contributed by atoms with Gasteiger partial charge >= 0.3 is 0 Å². The van der Waals surface area contributed by atoms with Crippen molar-refractivity contribution in [2.75, 3.05) is 19.6 Å². The van der Waals surface area contributed by atoms with Crippen LogP contribution in [0.25, 0.3) is 0 Å². The second-order valence-corrected chi connectivity index (χ2v) is 3.70. The number of tetrazole rings is 1. The fraction of sp³-hybridized carbons (Fsp3) is 0.750. The summed E-state index contributed by atoms with van der Waals surface area (Å²) in [5.41, 5.74) is 0. The van der Waals surface area contributed by atoms with Gasteiger partial charge in [0.05, 0.1) is 0 Å². The summed E-state index contributed by atoms with van der Waals surface area (Å²) in [6, 6.07) is 0.358. The molecule has 2 heterocycles. The van der Waals surface area contributed by atoms with Crippen molar-refractivity contribution in [3.05, 3.63) is 6.33 Å². The van der Waals surface area contributed by atoms with Crippen molar-refractivity contribution < 1.29 is 4.79 Å². The van der Waals surface area contributed by atoms with Crippen molar-refractivity contribution in [1.82, 2.24) is 30.4 Å². The summed E-state index contributed by atoms with van der Waals surface area (Å²) >= 11 is 0. The lowest BCUT2D eigenvalue weighted by atomic mass is 10.2. The summed E-state index contributed by atoms with van der Waals surface area (Å²) in [5.74, 6) is 0.0654. The molecule has 16 heavy (non-hydrogen) atoms. The smallest absolute Gasteiger partial charge is 0.244 e. The van der Waals surface area contributed by atoms with Gasteiger partial charge in [-0.05, 0) is 17.4 Å². The topological polar surface area (TPSA) is 75.9 Å². The van der Waals surface area contributed by atoms with Crippen molar-refractivity contribution in [3.8, 4) is 0 Å². The molecule has 0 radical (unpaired) electrons. The number of amides is 1. The molecule has 8 heteroatoms. The molecule has 0 spiro atoms. The first kappa shape index (κ1) is 12.9. The zero-order valence-electron chi connectivity index (χ0n) is 9.04. The average molecular weight is 247 g/mol. The summed E-state index contributed by atoms with van der Waals surface area (Å²) < 4.78 is 1.44. The van der Waals surface area contributed by atoms with E-state index >= 15 is 0 Å². The number of nitrogens with zero attached hydrogens (tertiary/aromatic N) is 5. The van der Waals surface area contributed by atoms with Crippen LogP contribution in [0.2, 0.25) is 0 Å². The van der Waals surface area contributed by atoms with Gasteiger partial charge in [-0.15, -0.1) is 17.5 Å². The molecule has 0 unspecified atom stereocenters. The lowest BCUT2D eigenvalue weighted by Gasteiger charge is -2.31. The van der Waals surface area contributed by atoms with Crippen LogP contribution in [0.3, 0.4) is 0 Å². The highest BCUT2D eigenvalue weighted by Crippen LogP contribution is 2.00. The second-order valence-electron chi connectivity index (χ2n) is 3.70. The van der Waals surface area contributed by atoms with Crippen molar-refractivity contribution in [2.24, 2.45) is 0 Å². The normalized spacial score (nSPS) is 20.3. The molecule has 1 fully saturated rings. The molecule has 1 aliphatic rings. The van der Waals surface area contributed by atoms with E-state index < -0.39 is 0 Å². The van der Waals surface area contributed by atoms with Gasteiger partial charge in [0.1, 0.15) is 12.9 Å². The van der Waals surface area contributed by atoms with E-state index in [9.17, 15) is 4.79 Å². The Bertz CT molecular complexity index is 329. The Balaban J connectivity index is 0.00000128. The molecule has 0 bridgehead atoms. The Morgan fingerprint density at radius 3 is 3.06 bits per heavy atom. The van der Waals surface area contributed by atoms with Crippen LogP contribution in [-0.4, -0.2) is 56.7 Å². The predicted molar refractivity (Wildman–Crippen MR) is 59.1 cm³/mol. The Kier molecular flexibility index (Phi) is 4.63. The number of aromatic nitrogens is 4. The molecule has 0 aliphatic carbocycles. The maximum absolute atomic E-state index is 11.8. The van der Waals surface area contributed by atoms with E-state index in [1.54, 1.807) is 0 Å². The number of nitrogens with one attached hydrogen (secondary N) is 1. The molecule has 1 aromatic rings. The van der Waals surface area contributed by atoms with Gasteiger partial charge in [-0.2, -0.15) is 0 Å². The summed E-state index contributed by atoms with van der Waals surface area (Å²) in [7, 11) is 0. The van der Waals surface area contributed by atoms with Crippen molar-refractivity contribution in [1.29, 1.82) is 0 Å². The van der Waals surface area contributed by atoms with Gasteiger partial charge < -0.3 is 10.2 Å². The molecule has 1 amide bonds. The number of carbonyl (C=O) groups excluding carboxylic acids is 1. The van der Waals surface area contributed by atoms with E-state index in [4.69, 9.17) is 0 Å². The lowest BCUT2D eigenvalue weighted by Crippen LogP contribution is -2.52. The highest BCUT2D eigenvalue weighted by molar-refractivity contribution is 5.85. The highest BCUT2D eigenvalue weighted by Gasteiger charge is 2.20. The van der Waals surface area contributed by atoms with Crippen LogP contribution in [0.4, 0.5) is 0 Å². The first-order chi connectivity index (χ1) is 7.25. The van der Waals surface area contributed by atoms with Gasteiger partial charge in [-0.3, -0.25) is 4.79 Å². The highest BCUT2D eigenvalue weighted by atomic mass is 35.5. The van der Waals surface area contributed by atoms with Gasteiger partial charge in [-0.25, -0.2) is 4.68 Å². The number of rotatable bonds is 2. The van der Waals surface area contributed by atoms with E-state index in [0.717, 1.165) is 19.6 Å². The fourth-order valence-corrected chi connectivity index (χ4v) is 1.65. The van der Waals surface area contributed by atoms with Crippen LogP contribution < -0.4 is 5.32 Å². The molecule has 1 aromatic heterocycles. The van der Waals surface area contributed by atoms with E-state index in [2.05, 4.69) is 27.8 Å². The minimum absolute atomic E-state index is 0. The third-order valence-corrected chi connectivity index (χ3v) is 2.41. The predicted octanol–water partition coefficient (Wildman–Crippen LogP) is -1.08. The Labute approximate surface area is 99.6 Å². The lowest BCUT2D eigenvalue weighted by molar-refractivity contribution is -0.133. The summed E-state index contributed by atoms with van der Waals surface area (Å²) in [5, 5.41) is 13.9. The van der Waals surface area contributed by atoms with Crippen LogP contribution in [0, 0.1) is 0 Å². The minimum Gasteiger partial charge on any atom is -0.338 e. The van der Waals surface area contributed by atoms with Gasteiger partial charge in [-0.1, -0.05) is 0 Å². The molecule has 1 N–H and O–H groups in total. The number of carbonyl (C=O) groups is 1. The summed E-state index contributed by atoms with van der Waals surface area (Å²) in [6.45, 7) is 4.64. The molecule has 1 saturated heterocycles. The second kappa shape index (κ2) is 5.76. The molecule has 0 aromatic carbocycles. The maximum Gasteiger partial charge on any atom is 0.244 e. The summed E-state index contributed by atoms with van der Waals surface area (Å²) in [4.78, 5) is 13.6. The minimum atomic E-state index is 0. The van der Waals surface area contributed by atoms with Crippen molar-refractivity contribution >= 4 is 18.3 Å². The SMILES string of the molecule is C[C@@H]1CN(C(=O)Cn2cnnn2)CCN1.Cl. The standard InChI is InChI=1S/C8H14N6O.ClH/c1-7-4-13(3-2-9-7)8(15)5-14-6-10-11-12-14;/h6-7,9H,2-5H2,1H3;1H/t7-;/m1./s1. The largest absolute Gasteiger partial charge is 0.338 e. The zero-order valence-corrected chi connectivity index (χ0v) is 9.85. The van der Waals surface area contributed by atoms with Crippen LogP contribution in [-0.2, 0) is 11.3 Å². The van der Waals surface area contributed by atoms with Gasteiger partial charge in [0.25, 0.3) is 0 Å². The third-order valence-electron chi connectivity index (χ3n) is 2.41. The quantitative estimate of drug-likeness (QED) is 0.718. The molecule has 7 nitrogen and oxygen atoms in total. The molecule has 0 saturated carbocycles. The first-order valence-corrected chi connectivity index (χ1v) is 4.97. The van der Waals surface area contributed by atoms with Gasteiger partial charge in [0, 0.05) is 25.7 Å². The van der Waals surface area contributed by atoms with Crippen molar-refractivity contribution in [3.63, 3.8) is 0 Å². The van der Waals surface area contributed by atoms with Crippen LogP contribution in [0.15, 0.2) is 6.33 Å². The molecular formula is C8H15ClN6O. The van der Waals surface area contributed by atoms with E-state index in [1.807, 2.05) is 4.90 Å². The maximum atomic E-state index is 11.8.